The second-order valence-electron chi connectivity index (χ2n) is 4.32. The summed E-state index contributed by atoms with van der Waals surface area (Å²) in [4.78, 5) is 0. The van der Waals surface area contributed by atoms with Crippen molar-refractivity contribution in [2.45, 2.75) is 13.2 Å². The van der Waals surface area contributed by atoms with Crippen LogP contribution in [0, 0.1) is 5.82 Å². The van der Waals surface area contributed by atoms with Crippen LogP contribution in [0.25, 0.3) is 0 Å². The van der Waals surface area contributed by atoms with Gasteiger partial charge in [-0.1, -0.05) is 28.1 Å². The molecule has 0 unspecified atom stereocenters. The third-order valence-electron chi connectivity index (χ3n) is 2.77. The lowest BCUT2D eigenvalue weighted by Crippen LogP contribution is -2.05. The maximum absolute atomic E-state index is 13.2. The smallest absolute Gasteiger partial charge is 0.136 e. The zero-order valence-electron chi connectivity index (χ0n) is 10.9. The molecule has 0 aliphatic rings. The first kappa shape index (κ1) is 15.5. The first-order valence-corrected chi connectivity index (χ1v) is 7.68. The summed E-state index contributed by atoms with van der Waals surface area (Å²) in [5, 5.41) is 3.10. The predicted molar refractivity (Wildman–Crippen MR) is 85.3 cm³/mol. The van der Waals surface area contributed by atoms with Crippen molar-refractivity contribution in [2.24, 2.45) is 0 Å². The number of hydrogen-bond acceptors (Lipinski definition) is 2. The lowest BCUT2D eigenvalue weighted by Gasteiger charge is -2.11. The summed E-state index contributed by atoms with van der Waals surface area (Å²) in [6.07, 6.45) is 0. The van der Waals surface area contributed by atoms with Crippen LogP contribution >= 0.6 is 31.9 Å². The lowest BCUT2D eigenvalue weighted by atomic mass is 10.1. The minimum Gasteiger partial charge on any atom is -0.488 e. The van der Waals surface area contributed by atoms with Gasteiger partial charge in [0.2, 0.25) is 0 Å². The molecule has 0 fully saturated rings. The maximum Gasteiger partial charge on any atom is 0.136 e. The Kier molecular flexibility index (Phi) is 5.57. The maximum atomic E-state index is 13.2. The summed E-state index contributed by atoms with van der Waals surface area (Å²) in [6, 6.07) is 10.5. The molecule has 5 heteroatoms. The molecule has 106 valence electrons. The molecule has 0 aromatic heterocycles. The topological polar surface area (TPSA) is 21.3 Å². The highest BCUT2D eigenvalue weighted by molar-refractivity contribution is 9.10. The average molecular weight is 403 g/mol. The van der Waals surface area contributed by atoms with E-state index in [-0.39, 0.29) is 5.82 Å². The molecule has 2 aromatic carbocycles. The van der Waals surface area contributed by atoms with E-state index in [9.17, 15) is 4.39 Å². The minimum atomic E-state index is -0.313. The second-order valence-corrected chi connectivity index (χ2v) is 6.03. The minimum absolute atomic E-state index is 0.313. The Labute approximate surface area is 134 Å². The summed E-state index contributed by atoms with van der Waals surface area (Å²) in [5.74, 6) is 0.183. The van der Waals surface area contributed by atoms with Crippen LogP contribution in [0.15, 0.2) is 45.3 Å². The van der Waals surface area contributed by atoms with Gasteiger partial charge in [-0.2, -0.15) is 0 Å². The van der Waals surface area contributed by atoms with Gasteiger partial charge in [-0.3, -0.25) is 0 Å². The number of hydrogen-bond donors (Lipinski definition) is 1. The van der Waals surface area contributed by atoms with Crippen molar-refractivity contribution in [1.82, 2.24) is 5.32 Å². The van der Waals surface area contributed by atoms with Crippen molar-refractivity contribution in [1.29, 1.82) is 0 Å². The number of rotatable bonds is 5. The van der Waals surface area contributed by atoms with E-state index >= 15 is 0 Å². The Hall–Kier alpha value is -0.910. The standard InChI is InChI=1S/C15H14Br2FNO/c1-19-8-10-2-3-11(14(17)6-10)9-20-15-7-12(18)4-5-13(15)16/h2-7,19H,8-9H2,1H3. The summed E-state index contributed by atoms with van der Waals surface area (Å²) in [6.45, 7) is 1.19. The third-order valence-corrected chi connectivity index (χ3v) is 4.17. The van der Waals surface area contributed by atoms with E-state index in [1.165, 1.54) is 17.7 Å². The Morgan fingerprint density at radius 3 is 2.60 bits per heavy atom. The van der Waals surface area contributed by atoms with Gasteiger partial charge in [0, 0.05) is 22.6 Å². The molecular weight excluding hydrogens is 389 g/mol. The van der Waals surface area contributed by atoms with Crippen molar-refractivity contribution < 1.29 is 9.13 Å². The number of nitrogens with one attached hydrogen (secondary N) is 1. The van der Waals surface area contributed by atoms with Crippen LogP contribution in [-0.4, -0.2) is 7.05 Å². The molecule has 0 aliphatic carbocycles. The normalized spacial score (nSPS) is 10.6. The van der Waals surface area contributed by atoms with E-state index in [0.29, 0.717) is 12.4 Å². The average Bonchev–Trinajstić information content (AvgIpc) is 2.42. The molecule has 2 aromatic rings. The van der Waals surface area contributed by atoms with Crippen LogP contribution in [0.4, 0.5) is 4.39 Å². The van der Waals surface area contributed by atoms with E-state index in [2.05, 4.69) is 43.2 Å². The zero-order valence-corrected chi connectivity index (χ0v) is 14.1. The highest BCUT2D eigenvalue weighted by Gasteiger charge is 2.06. The Morgan fingerprint density at radius 2 is 1.90 bits per heavy atom. The number of halogens is 3. The molecule has 0 spiro atoms. The number of benzene rings is 2. The first-order chi connectivity index (χ1) is 9.60. The lowest BCUT2D eigenvalue weighted by molar-refractivity contribution is 0.302. The van der Waals surface area contributed by atoms with Crippen molar-refractivity contribution >= 4 is 31.9 Å². The summed E-state index contributed by atoms with van der Waals surface area (Å²) < 4.78 is 20.5. The van der Waals surface area contributed by atoms with Crippen LogP contribution in [0.3, 0.4) is 0 Å². The van der Waals surface area contributed by atoms with Gasteiger partial charge in [0.05, 0.1) is 4.47 Å². The molecule has 20 heavy (non-hydrogen) atoms. The molecule has 0 heterocycles. The second kappa shape index (κ2) is 7.20. The molecule has 0 amide bonds. The molecule has 1 N–H and O–H groups in total. The highest BCUT2D eigenvalue weighted by Crippen LogP contribution is 2.27. The highest BCUT2D eigenvalue weighted by atomic mass is 79.9. The molecule has 0 saturated heterocycles. The SMILES string of the molecule is CNCc1ccc(COc2cc(F)ccc2Br)c(Br)c1. The quantitative estimate of drug-likeness (QED) is 0.785. The first-order valence-electron chi connectivity index (χ1n) is 6.10. The van der Waals surface area contributed by atoms with Crippen LogP contribution < -0.4 is 10.1 Å². The van der Waals surface area contributed by atoms with E-state index in [4.69, 9.17) is 4.74 Å². The van der Waals surface area contributed by atoms with E-state index in [0.717, 1.165) is 21.1 Å². The van der Waals surface area contributed by atoms with Crippen molar-refractivity contribution in [3.63, 3.8) is 0 Å². The monoisotopic (exact) mass is 401 g/mol. The Bertz CT molecular complexity index is 604. The molecule has 0 atom stereocenters. The van der Waals surface area contributed by atoms with Crippen LogP contribution in [0.5, 0.6) is 5.75 Å². The van der Waals surface area contributed by atoms with Gasteiger partial charge >= 0.3 is 0 Å². The number of ether oxygens (including phenoxy) is 1. The zero-order chi connectivity index (χ0) is 14.5. The Balaban J connectivity index is 2.09. The molecular formula is C15H14Br2FNO. The van der Waals surface area contributed by atoms with Crippen LogP contribution in [-0.2, 0) is 13.2 Å². The van der Waals surface area contributed by atoms with Gasteiger partial charge in [-0.05, 0) is 46.7 Å². The van der Waals surface area contributed by atoms with Gasteiger partial charge in [-0.25, -0.2) is 4.39 Å². The van der Waals surface area contributed by atoms with Crippen LogP contribution in [0.1, 0.15) is 11.1 Å². The van der Waals surface area contributed by atoms with Gasteiger partial charge in [0.15, 0.2) is 0 Å². The van der Waals surface area contributed by atoms with Gasteiger partial charge in [0.25, 0.3) is 0 Å². The van der Waals surface area contributed by atoms with Gasteiger partial charge < -0.3 is 10.1 Å². The predicted octanol–water partition coefficient (Wildman–Crippen LogP) is 4.65. The molecule has 0 aliphatic heterocycles. The molecule has 0 saturated carbocycles. The van der Waals surface area contributed by atoms with Crippen molar-refractivity contribution in [2.75, 3.05) is 7.05 Å². The summed E-state index contributed by atoms with van der Waals surface area (Å²) >= 11 is 6.87. The van der Waals surface area contributed by atoms with Crippen molar-refractivity contribution in [3.8, 4) is 5.75 Å². The fourth-order valence-electron chi connectivity index (χ4n) is 1.77. The Morgan fingerprint density at radius 1 is 1.10 bits per heavy atom. The third kappa shape index (κ3) is 4.04. The fraction of sp³-hybridized carbons (Fsp3) is 0.200. The van der Waals surface area contributed by atoms with E-state index in [1.54, 1.807) is 6.07 Å². The molecule has 0 radical (unpaired) electrons. The van der Waals surface area contributed by atoms with Crippen LogP contribution in [0.2, 0.25) is 0 Å². The molecule has 2 rings (SSSR count). The van der Waals surface area contributed by atoms with E-state index < -0.39 is 0 Å². The largest absolute Gasteiger partial charge is 0.488 e. The molecule has 2 nitrogen and oxygen atoms in total. The molecule has 0 bridgehead atoms. The fourth-order valence-corrected chi connectivity index (χ4v) is 2.67. The van der Waals surface area contributed by atoms with Gasteiger partial charge in [0.1, 0.15) is 18.2 Å². The summed E-state index contributed by atoms with van der Waals surface area (Å²) in [7, 11) is 1.91. The van der Waals surface area contributed by atoms with E-state index in [1.807, 2.05) is 19.2 Å². The van der Waals surface area contributed by atoms with Gasteiger partial charge in [-0.15, -0.1) is 0 Å². The summed E-state index contributed by atoms with van der Waals surface area (Å²) in [5.41, 5.74) is 2.20. The van der Waals surface area contributed by atoms with Crippen molar-refractivity contribution in [3.05, 3.63) is 62.3 Å².